The van der Waals surface area contributed by atoms with Crippen molar-refractivity contribution in [2.75, 3.05) is 0 Å². The minimum absolute atomic E-state index is 0.617. The van der Waals surface area contributed by atoms with Gasteiger partial charge >= 0.3 is 0 Å². The predicted molar refractivity (Wildman–Crippen MR) is 77.9 cm³/mol. The fourth-order valence-corrected chi connectivity index (χ4v) is 2.31. The van der Waals surface area contributed by atoms with Crippen LogP contribution in [0.3, 0.4) is 0 Å². The molecule has 0 bridgehead atoms. The molecule has 0 saturated heterocycles. The molecule has 2 aromatic rings. The summed E-state index contributed by atoms with van der Waals surface area (Å²) >= 11 is 0. The molecule has 0 spiro atoms. The SMILES string of the molecule is CCCc1cn(C)c(-c2cn(C)c(CC(C)C)n2)n1. The van der Waals surface area contributed by atoms with E-state index >= 15 is 0 Å². The molecule has 0 amide bonds. The fourth-order valence-electron chi connectivity index (χ4n) is 2.31. The molecule has 0 aliphatic heterocycles. The number of aromatic nitrogens is 4. The number of nitrogens with zero attached hydrogens (tertiary/aromatic N) is 4. The number of imidazole rings is 2. The van der Waals surface area contributed by atoms with Crippen molar-refractivity contribution in [1.82, 2.24) is 19.1 Å². The molecule has 2 rings (SSSR count). The molecule has 0 aliphatic carbocycles. The molecular weight excluding hydrogens is 236 g/mol. The number of hydrogen-bond donors (Lipinski definition) is 0. The lowest BCUT2D eigenvalue weighted by molar-refractivity contribution is 0.602. The van der Waals surface area contributed by atoms with Crippen LogP contribution in [0.2, 0.25) is 0 Å². The van der Waals surface area contributed by atoms with Crippen LogP contribution in [0.25, 0.3) is 11.5 Å². The van der Waals surface area contributed by atoms with Gasteiger partial charge in [-0.05, 0) is 12.3 Å². The third kappa shape index (κ3) is 3.06. The molecule has 4 nitrogen and oxygen atoms in total. The molecule has 4 heteroatoms. The Morgan fingerprint density at radius 1 is 1.11 bits per heavy atom. The summed E-state index contributed by atoms with van der Waals surface area (Å²) in [7, 11) is 4.10. The van der Waals surface area contributed by atoms with Gasteiger partial charge in [-0.3, -0.25) is 0 Å². The van der Waals surface area contributed by atoms with Crippen LogP contribution >= 0.6 is 0 Å². The van der Waals surface area contributed by atoms with Crippen molar-refractivity contribution in [3.05, 3.63) is 23.9 Å². The van der Waals surface area contributed by atoms with Crippen LogP contribution in [0.4, 0.5) is 0 Å². The van der Waals surface area contributed by atoms with E-state index in [0.717, 1.165) is 42.3 Å². The summed E-state index contributed by atoms with van der Waals surface area (Å²) in [5.74, 6) is 2.71. The molecule has 104 valence electrons. The van der Waals surface area contributed by atoms with Crippen LogP contribution in [-0.2, 0) is 26.9 Å². The standard InChI is InChI=1S/C15H24N4/c1-6-7-12-9-19(5)15(16-12)13-10-18(4)14(17-13)8-11(2)3/h9-11H,6-8H2,1-5H3. The van der Waals surface area contributed by atoms with Crippen molar-refractivity contribution in [2.45, 2.75) is 40.0 Å². The summed E-state index contributed by atoms with van der Waals surface area (Å²) in [6.07, 6.45) is 7.34. The second-order valence-electron chi connectivity index (χ2n) is 5.67. The second-order valence-corrected chi connectivity index (χ2v) is 5.67. The molecule has 0 saturated carbocycles. The van der Waals surface area contributed by atoms with E-state index in [4.69, 9.17) is 9.97 Å². The minimum atomic E-state index is 0.617. The van der Waals surface area contributed by atoms with Gasteiger partial charge in [0.05, 0.1) is 5.69 Å². The highest BCUT2D eigenvalue weighted by molar-refractivity contribution is 5.49. The Kier molecular flexibility index (Phi) is 4.08. The maximum Gasteiger partial charge on any atom is 0.160 e. The summed E-state index contributed by atoms with van der Waals surface area (Å²) in [6, 6.07) is 0. The highest BCUT2D eigenvalue weighted by Crippen LogP contribution is 2.19. The lowest BCUT2D eigenvalue weighted by Gasteiger charge is -2.03. The summed E-state index contributed by atoms with van der Waals surface area (Å²) in [4.78, 5) is 9.42. The van der Waals surface area contributed by atoms with Gasteiger partial charge in [0.2, 0.25) is 0 Å². The van der Waals surface area contributed by atoms with Crippen molar-refractivity contribution in [3.8, 4) is 11.5 Å². The average molecular weight is 260 g/mol. The molecule has 2 aromatic heterocycles. The van der Waals surface area contributed by atoms with Crippen LogP contribution in [0, 0.1) is 5.92 Å². The summed E-state index contributed by atoms with van der Waals surface area (Å²) in [5.41, 5.74) is 2.12. The third-order valence-electron chi connectivity index (χ3n) is 3.22. The highest BCUT2D eigenvalue weighted by Gasteiger charge is 2.13. The predicted octanol–water partition coefficient (Wildman–Crippen LogP) is 2.97. The molecule has 0 atom stereocenters. The smallest absolute Gasteiger partial charge is 0.160 e. The number of hydrogen-bond acceptors (Lipinski definition) is 2. The average Bonchev–Trinajstić information content (AvgIpc) is 2.83. The zero-order valence-corrected chi connectivity index (χ0v) is 12.6. The van der Waals surface area contributed by atoms with Crippen molar-refractivity contribution in [3.63, 3.8) is 0 Å². The van der Waals surface area contributed by atoms with Gasteiger partial charge < -0.3 is 9.13 Å². The minimum Gasteiger partial charge on any atom is -0.337 e. The van der Waals surface area contributed by atoms with E-state index in [-0.39, 0.29) is 0 Å². The van der Waals surface area contributed by atoms with Crippen molar-refractivity contribution < 1.29 is 0 Å². The second kappa shape index (κ2) is 5.59. The first-order valence-corrected chi connectivity index (χ1v) is 7.06. The van der Waals surface area contributed by atoms with Gasteiger partial charge in [-0.25, -0.2) is 9.97 Å². The van der Waals surface area contributed by atoms with Crippen molar-refractivity contribution in [2.24, 2.45) is 20.0 Å². The molecule has 19 heavy (non-hydrogen) atoms. The Labute approximate surface area is 115 Å². The lowest BCUT2D eigenvalue weighted by atomic mass is 10.1. The van der Waals surface area contributed by atoms with Crippen LogP contribution in [-0.4, -0.2) is 19.1 Å². The third-order valence-corrected chi connectivity index (χ3v) is 3.22. The van der Waals surface area contributed by atoms with Crippen LogP contribution in [0.1, 0.15) is 38.7 Å². The molecular formula is C15H24N4. The Balaban J connectivity index is 2.31. The van der Waals surface area contributed by atoms with Crippen LogP contribution < -0.4 is 0 Å². The summed E-state index contributed by atoms with van der Waals surface area (Å²) in [5, 5.41) is 0. The fraction of sp³-hybridized carbons (Fsp3) is 0.600. The van der Waals surface area contributed by atoms with Gasteiger partial charge in [0, 0.05) is 32.9 Å². The van der Waals surface area contributed by atoms with Gasteiger partial charge in [0.25, 0.3) is 0 Å². The van der Waals surface area contributed by atoms with E-state index in [9.17, 15) is 0 Å². The lowest BCUT2D eigenvalue weighted by Crippen LogP contribution is -2.01. The van der Waals surface area contributed by atoms with E-state index in [1.54, 1.807) is 0 Å². The molecule has 2 heterocycles. The largest absolute Gasteiger partial charge is 0.337 e. The van der Waals surface area contributed by atoms with Crippen LogP contribution in [0.5, 0.6) is 0 Å². The first-order chi connectivity index (χ1) is 9.01. The molecule has 0 N–H and O–H groups in total. The maximum absolute atomic E-state index is 4.73. The van der Waals surface area contributed by atoms with Crippen LogP contribution in [0.15, 0.2) is 12.4 Å². The number of aryl methyl sites for hydroxylation is 3. The van der Waals surface area contributed by atoms with Gasteiger partial charge in [0.15, 0.2) is 5.82 Å². The van der Waals surface area contributed by atoms with E-state index in [1.165, 1.54) is 0 Å². The van der Waals surface area contributed by atoms with E-state index in [0.29, 0.717) is 5.92 Å². The molecule has 0 unspecified atom stereocenters. The van der Waals surface area contributed by atoms with Crippen molar-refractivity contribution in [1.29, 1.82) is 0 Å². The van der Waals surface area contributed by atoms with E-state index in [2.05, 4.69) is 49.3 Å². The van der Waals surface area contributed by atoms with Crippen molar-refractivity contribution >= 4 is 0 Å². The number of rotatable bonds is 5. The van der Waals surface area contributed by atoms with E-state index in [1.807, 2.05) is 7.05 Å². The summed E-state index contributed by atoms with van der Waals surface area (Å²) in [6.45, 7) is 6.61. The maximum atomic E-state index is 4.73. The first kappa shape index (κ1) is 13.8. The van der Waals surface area contributed by atoms with Gasteiger partial charge in [-0.2, -0.15) is 0 Å². The topological polar surface area (TPSA) is 35.6 Å². The zero-order chi connectivity index (χ0) is 14.0. The monoisotopic (exact) mass is 260 g/mol. The van der Waals surface area contributed by atoms with Gasteiger partial charge in [-0.15, -0.1) is 0 Å². The zero-order valence-electron chi connectivity index (χ0n) is 12.6. The Hall–Kier alpha value is -1.58. The molecule has 0 aromatic carbocycles. The molecule has 0 radical (unpaired) electrons. The highest BCUT2D eigenvalue weighted by atomic mass is 15.1. The van der Waals surface area contributed by atoms with Gasteiger partial charge in [-0.1, -0.05) is 27.2 Å². The quantitative estimate of drug-likeness (QED) is 0.828. The Morgan fingerprint density at radius 3 is 2.47 bits per heavy atom. The van der Waals surface area contributed by atoms with Gasteiger partial charge in [0.1, 0.15) is 11.5 Å². The normalized spacial score (nSPS) is 11.5. The Bertz CT molecular complexity index is 548. The molecule has 0 aliphatic rings. The van der Waals surface area contributed by atoms with E-state index < -0.39 is 0 Å². The Morgan fingerprint density at radius 2 is 1.84 bits per heavy atom. The molecule has 0 fully saturated rings. The summed E-state index contributed by atoms with van der Waals surface area (Å²) < 4.78 is 4.19. The first-order valence-electron chi connectivity index (χ1n) is 7.06.